The highest BCUT2D eigenvalue weighted by Crippen LogP contribution is 2.75. The predicted molar refractivity (Wildman–Crippen MR) is 97.3 cm³/mol. The minimum atomic E-state index is -2.27. The van der Waals surface area contributed by atoms with E-state index < -0.39 is 47.5 Å². The van der Waals surface area contributed by atoms with E-state index >= 15 is 0 Å². The number of hydrogen-bond acceptors (Lipinski definition) is 6. The molecule has 0 aliphatic heterocycles. The van der Waals surface area contributed by atoms with Crippen molar-refractivity contribution in [2.75, 3.05) is 6.61 Å². The van der Waals surface area contributed by atoms with Crippen LogP contribution >= 0.6 is 11.6 Å². The van der Waals surface area contributed by atoms with Crippen molar-refractivity contribution >= 4 is 11.6 Å². The number of rotatable bonds is 4. The van der Waals surface area contributed by atoms with Crippen molar-refractivity contribution in [3.63, 3.8) is 0 Å². The first kappa shape index (κ1) is 18.8. The highest BCUT2D eigenvalue weighted by molar-refractivity contribution is 6.30. The lowest BCUT2D eigenvalue weighted by molar-refractivity contribution is -0.459. The van der Waals surface area contributed by atoms with Crippen molar-refractivity contribution in [1.29, 1.82) is 0 Å². The number of halogens is 1. The Morgan fingerprint density at radius 2 is 1.52 bits per heavy atom. The molecule has 144 valence electrons. The van der Waals surface area contributed by atoms with Gasteiger partial charge in [0.25, 0.3) is 0 Å². The summed E-state index contributed by atoms with van der Waals surface area (Å²) >= 11 is 5.90. The maximum absolute atomic E-state index is 11.4. The summed E-state index contributed by atoms with van der Waals surface area (Å²) in [6.45, 7) is -0.823. The van der Waals surface area contributed by atoms with E-state index in [4.69, 9.17) is 11.6 Å². The van der Waals surface area contributed by atoms with Gasteiger partial charge in [0.15, 0.2) is 0 Å². The monoisotopic (exact) mass is 392 g/mol. The number of hydrogen-bond donors (Lipinski definition) is 6. The first-order chi connectivity index (χ1) is 12.7. The Labute approximate surface area is 160 Å². The Morgan fingerprint density at radius 3 is 2.07 bits per heavy atom. The lowest BCUT2D eigenvalue weighted by Gasteiger charge is -2.80. The van der Waals surface area contributed by atoms with Gasteiger partial charge in [0.2, 0.25) is 0 Å². The summed E-state index contributed by atoms with van der Waals surface area (Å²) in [7, 11) is 0. The smallest absolute Gasteiger partial charge is 0.138 e. The van der Waals surface area contributed by atoms with Crippen LogP contribution in [-0.4, -0.2) is 66.3 Å². The van der Waals surface area contributed by atoms with Crippen LogP contribution in [0.2, 0.25) is 5.02 Å². The van der Waals surface area contributed by atoms with Crippen LogP contribution in [0, 0.1) is 0 Å². The molecule has 6 nitrogen and oxygen atoms in total. The van der Waals surface area contributed by atoms with Gasteiger partial charge in [-0.05, 0) is 23.3 Å². The Kier molecular flexibility index (Phi) is 4.18. The molecular weight excluding hydrogens is 372 g/mol. The zero-order valence-electron chi connectivity index (χ0n) is 14.3. The molecule has 7 atom stereocenters. The largest absolute Gasteiger partial charge is 0.394 e. The normalized spacial score (nSPS) is 41.2. The minimum absolute atomic E-state index is 0.382. The Balaban J connectivity index is 1.85. The second kappa shape index (κ2) is 5.99. The van der Waals surface area contributed by atoms with E-state index in [0.29, 0.717) is 16.1 Å². The summed E-state index contributed by atoms with van der Waals surface area (Å²) in [5.41, 5.74) is -5.72. The zero-order valence-corrected chi connectivity index (χ0v) is 15.0. The van der Waals surface area contributed by atoms with Crippen LogP contribution in [0.3, 0.4) is 0 Å². The van der Waals surface area contributed by atoms with Gasteiger partial charge in [-0.3, -0.25) is 0 Å². The van der Waals surface area contributed by atoms with Gasteiger partial charge in [-0.25, -0.2) is 0 Å². The average molecular weight is 393 g/mol. The Hall–Kier alpha value is -1.51. The molecule has 2 saturated carbocycles. The molecule has 27 heavy (non-hydrogen) atoms. The first-order valence-corrected chi connectivity index (χ1v) is 9.06. The number of benzene rings is 2. The van der Waals surface area contributed by atoms with Crippen LogP contribution in [0.1, 0.15) is 23.0 Å². The number of aliphatic hydroxyl groups excluding tert-OH is 3. The fourth-order valence-electron chi connectivity index (χ4n) is 5.13. The van der Waals surface area contributed by atoms with Gasteiger partial charge >= 0.3 is 0 Å². The molecule has 2 fully saturated rings. The number of fused-ring (bicyclic) bond motifs is 1. The molecule has 7 heteroatoms. The first-order valence-electron chi connectivity index (χ1n) is 8.69. The highest BCUT2D eigenvalue weighted by atomic mass is 35.5. The summed E-state index contributed by atoms with van der Waals surface area (Å²) < 4.78 is 0. The maximum Gasteiger partial charge on any atom is 0.138 e. The van der Waals surface area contributed by atoms with Crippen molar-refractivity contribution in [2.24, 2.45) is 0 Å². The molecule has 3 unspecified atom stereocenters. The summed E-state index contributed by atoms with van der Waals surface area (Å²) in [6.07, 6.45) is -3.11. The molecule has 0 saturated heterocycles. The summed E-state index contributed by atoms with van der Waals surface area (Å²) in [5, 5.41) is 65.0. The van der Waals surface area contributed by atoms with Crippen LogP contribution in [0.5, 0.6) is 0 Å². The van der Waals surface area contributed by atoms with Crippen LogP contribution in [0.15, 0.2) is 54.6 Å². The molecule has 0 bridgehead atoms. The molecule has 0 heterocycles. The molecule has 4 rings (SSSR count). The van der Waals surface area contributed by atoms with Gasteiger partial charge in [-0.15, -0.1) is 0 Å². The summed E-state index contributed by atoms with van der Waals surface area (Å²) in [6, 6.07) is 14.7. The molecule has 0 radical (unpaired) electrons. The number of aliphatic hydroxyl groups is 6. The van der Waals surface area contributed by atoms with Gasteiger partial charge in [0, 0.05) is 10.9 Å². The minimum Gasteiger partial charge on any atom is -0.394 e. The molecular formula is C20H21ClO6. The van der Waals surface area contributed by atoms with E-state index in [-0.39, 0.29) is 0 Å². The fraction of sp³-hybridized carbons (Fsp3) is 0.400. The van der Waals surface area contributed by atoms with E-state index in [1.165, 1.54) is 0 Å². The standard InChI is InChI=1S/C20H21ClO6/c21-13-8-6-12(7-9-13)16-18(25,14(23)10-22)20(27)15(17(24)19(16,20)26)11-4-2-1-3-5-11/h1-9,14-17,22-27H,10H2/t14-,15?,16?,17?,18+,19+,20+/m1/s1. The van der Waals surface area contributed by atoms with E-state index in [0.717, 1.165) is 0 Å². The van der Waals surface area contributed by atoms with Gasteiger partial charge in [0.1, 0.15) is 22.9 Å². The van der Waals surface area contributed by atoms with E-state index in [9.17, 15) is 30.6 Å². The van der Waals surface area contributed by atoms with Crippen LogP contribution in [0.25, 0.3) is 0 Å². The van der Waals surface area contributed by atoms with Crippen molar-refractivity contribution < 1.29 is 30.6 Å². The van der Waals surface area contributed by atoms with Crippen LogP contribution < -0.4 is 0 Å². The quantitative estimate of drug-likeness (QED) is 0.440. The van der Waals surface area contributed by atoms with Gasteiger partial charge in [-0.2, -0.15) is 0 Å². The molecule has 6 N–H and O–H groups in total. The van der Waals surface area contributed by atoms with Gasteiger partial charge < -0.3 is 30.6 Å². The van der Waals surface area contributed by atoms with Crippen molar-refractivity contribution in [3.8, 4) is 0 Å². The summed E-state index contributed by atoms with van der Waals surface area (Å²) in [4.78, 5) is 0. The SMILES string of the molecule is OC[C@@H](O)[C@]1(O)C(c2ccc(Cl)cc2)[C@]2(O)C(O)C(c3ccccc3)[C@@]21O. The maximum atomic E-state index is 11.4. The van der Waals surface area contributed by atoms with Gasteiger partial charge in [-0.1, -0.05) is 54.1 Å². The highest BCUT2D eigenvalue weighted by Gasteiger charge is 2.93. The molecule has 2 aliphatic carbocycles. The molecule has 0 aromatic heterocycles. The second-order valence-electron chi connectivity index (χ2n) is 7.43. The van der Waals surface area contributed by atoms with Crippen molar-refractivity contribution in [3.05, 3.63) is 70.7 Å². The topological polar surface area (TPSA) is 121 Å². The third-order valence-electron chi connectivity index (χ3n) is 6.36. The summed E-state index contributed by atoms with van der Waals surface area (Å²) in [5.74, 6) is -2.25. The van der Waals surface area contributed by atoms with E-state index in [1.54, 1.807) is 54.6 Å². The molecule has 2 aromatic carbocycles. The van der Waals surface area contributed by atoms with Crippen LogP contribution in [0.4, 0.5) is 0 Å². The lowest BCUT2D eigenvalue weighted by atomic mass is 9.30. The van der Waals surface area contributed by atoms with Gasteiger partial charge in [0.05, 0.1) is 18.6 Å². The Bertz CT molecular complexity index is 845. The third kappa shape index (κ3) is 2.01. The second-order valence-corrected chi connectivity index (χ2v) is 7.87. The van der Waals surface area contributed by atoms with E-state index in [1.807, 2.05) is 0 Å². The zero-order chi connectivity index (χ0) is 19.6. The molecule has 0 amide bonds. The average Bonchev–Trinajstić information content (AvgIpc) is 2.69. The molecule has 0 spiro atoms. The third-order valence-corrected chi connectivity index (χ3v) is 6.61. The molecule has 2 aliphatic rings. The van der Waals surface area contributed by atoms with Crippen LogP contribution in [-0.2, 0) is 0 Å². The lowest BCUT2D eigenvalue weighted by Crippen LogP contribution is -2.99. The van der Waals surface area contributed by atoms with E-state index in [2.05, 4.69) is 0 Å². The van der Waals surface area contributed by atoms with Crippen molar-refractivity contribution in [2.45, 2.75) is 40.8 Å². The Morgan fingerprint density at radius 1 is 0.926 bits per heavy atom. The predicted octanol–water partition coefficient (Wildman–Crippen LogP) is 0.142. The fourth-order valence-corrected chi connectivity index (χ4v) is 5.26. The van der Waals surface area contributed by atoms with Crippen molar-refractivity contribution in [1.82, 2.24) is 0 Å². The molecule has 2 aromatic rings.